The topological polar surface area (TPSA) is 50.8 Å². The van der Waals surface area contributed by atoms with Crippen LogP contribution in [0.5, 0.6) is 0 Å². The van der Waals surface area contributed by atoms with Gasteiger partial charge in [0, 0.05) is 17.9 Å². The molecule has 0 radical (unpaired) electrons. The summed E-state index contributed by atoms with van der Waals surface area (Å²) < 4.78 is 0. The number of nitrogens with zero attached hydrogens (tertiary/aromatic N) is 3. The quantitative estimate of drug-likeness (QED) is 0.668. The number of benzene rings is 1. The monoisotopic (exact) mass is 209 g/mol. The van der Waals surface area contributed by atoms with Crippen LogP contribution in [0.2, 0.25) is 0 Å². The van der Waals surface area contributed by atoms with Gasteiger partial charge in [-0.3, -0.25) is 0 Å². The van der Waals surface area contributed by atoms with E-state index in [1.54, 1.807) is 0 Å². The van der Waals surface area contributed by atoms with Crippen molar-refractivity contribution in [2.75, 3.05) is 11.4 Å². The second-order valence-electron chi connectivity index (χ2n) is 3.64. The molecule has 0 atom stereocenters. The van der Waals surface area contributed by atoms with Gasteiger partial charge in [0.05, 0.1) is 0 Å². The van der Waals surface area contributed by atoms with E-state index in [9.17, 15) is 0 Å². The average Bonchev–Trinajstić information content (AvgIpc) is 2.81. The van der Waals surface area contributed by atoms with E-state index in [2.05, 4.69) is 4.90 Å². The first kappa shape index (κ1) is 10.3. The second kappa shape index (κ2) is 4.51. The standard InChI is InChI=1S/C13H11N3/c14-9-11(10-15)13-7-4-8-16(13)12-5-2-1-3-6-12/h1-3,5-6H,4,7-8H2. The average molecular weight is 209 g/mol. The predicted octanol–water partition coefficient (Wildman–Crippen LogP) is 2.59. The third-order valence-corrected chi connectivity index (χ3v) is 2.70. The predicted molar refractivity (Wildman–Crippen MR) is 61.3 cm³/mol. The Balaban J connectivity index is 2.41. The molecule has 0 aromatic heterocycles. The number of para-hydroxylation sites is 1. The van der Waals surface area contributed by atoms with Crippen LogP contribution in [0.25, 0.3) is 0 Å². The minimum atomic E-state index is 0.237. The van der Waals surface area contributed by atoms with Gasteiger partial charge in [0.2, 0.25) is 0 Å². The summed E-state index contributed by atoms with van der Waals surface area (Å²) in [6.07, 6.45) is 1.81. The SMILES string of the molecule is N#CC(C#N)=C1CCCN1c1ccccc1. The van der Waals surface area contributed by atoms with Crippen LogP contribution in [-0.2, 0) is 0 Å². The van der Waals surface area contributed by atoms with Crippen molar-refractivity contribution in [3.8, 4) is 12.1 Å². The Morgan fingerprint density at radius 3 is 2.44 bits per heavy atom. The molecule has 1 aliphatic heterocycles. The maximum absolute atomic E-state index is 8.89. The maximum atomic E-state index is 8.89. The Morgan fingerprint density at radius 1 is 1.12 bits per heavy atom. The van der Waals surface area contributed by atoms with Crippen LogP contribution in [0, 0.1) is 22.7 Å². The molecule has 0 unspecified atom stereocenters. The van der Waals surface area contributed by atoms with Gasteiger partial charge in [-0.2, -0.15) is 10.5 Å². The largest absolute Gasteiger partial charge is 0.343 e. The summed E-state index contributed by atoms with van der Waals surface area (Å²) >= 11 is 0. The number of rotatable bonds is 1. The van der Waals surface area contributed by atoms with Crippen LogP contribution < -0.4 is 4.90 Å². The van der Waals surface area contributed by atoms with Gasteiger partial charge in [0.15, 0.2) is 0 Å². The van der Waals surface area contributed by atoms with Gasteiger partial charge >= 0.3 is 0 Å². The molecular weight excluding hydrogens is 198 g/mol. The lowest BCUT2D eigenvalue weighted by atomic mass is 10.2. The fourth-order valence-corrected chi connectivity index (χ4v) is 1.98. The molecule has 0 spiro atoms. The van der Waals surface area contributed by atoms with E-state index < -0.39 is 0 Å². The van der Waals surface area contributed by atoms with Crippen LogP contribution in [0.1, 0.15) is 12.8 Å². The summed E-state index contributed by atoms with van der Waals surface area (Å²) in [6.45, 7) is 0.881. The lowest BCUT2D eigenvalue weighted by molar-refractivity contribution is 0.956. The molecule has 1 fully saturated rings. The normalized spacial score (nSPS) is 14.4. The lowest BCUT2D eigenvalue weighted by Gasteiger charge is -2.19. The first-order valence-corrected chi connectivity index (χ1v) is 5.22. The summed E-state index contributed by atoms with van der Waals surface area (Å²) in [5.41, 5.74) is 2.15. The van der Waals surface area contributed by atoms with Crippen molar-refractivity contribution in [3.63, 3.8) is 0 Å². The van der Waals surface area contributed by atoms with Gasteiger partial charge in [-0.25, -0.2) is 0 Å². The number of nitriles is 2. The van der Waals surface area contributed by atoms with Crippen molar-refractivity contribution in [2.24, 2.45) is 0 Å². The van der Waals surface area contributed by atoms with Gasteiger partial charge in [-0.1, -0.05) is 18.2 Å². The van der Waals surface area contributed by atoms with E-state index in [4.69, 9.17) is 10.5 Å². The molecular formula is C13H11N3. The molecule has 0 bridgehead atoms. The zero-order chi connectivity index (χ0) is 11.4. The summed E-state index contributed by atoms with van der Waals surface area (Å²) in [5, 5.41) is 17.8. The van der Waals surface area contributed by atoms with Crippen LogP contribution in [0.3, 0.4) is 0 Å². The molecule has 1 heterocycles. The summed E-state index contributed by atoms with van der Waals surface area (Å²) in [7, 11) is 0. The highest BCUT2D eigenvalue weighted by atomic mass is 15.2. The Bertz CT molecular complexity index is 472. The van der Waals surface area contributed by atoms with E-state index in [0.717, 1.165) is 30.8 Å². The minimum absolute atomic E-state index is 0.237. The molecule has 0 saturated carbocycles. The minimum Gasteiger partial charge on any atom is -0.343 e. The van der Waals surface area contributed by atoms with Crippen LogP contribution >= 0.6 is 0 Å². The summed E-state index contributed by atoms with van der Waals surface area (Å²) in [6, 6.07) is 13.8. The van der Waals surface area contributed by atoms with Crippen molar-refractivity contribution < 1.29 is 0 Å². The highest BCUT2D eigenvalue weighted by Gasteiger charge is 2.22. The first-order chi connectivity index (χ1) is 7.86. The van der Waals surface area contributed by atoms with Gasteiger partial charge < -0.3 is 4.90 Å². The van der Waals surface area contributed by atoms with Crippen LogP contribution in [0.15, 0.2) is 41.6 Å². The smallest absolute Gasteiger partial charge is 0.149 e. The Kier molecular flexibility index (Phi) is 2.89. The highest BCUT2D eigenvalue weighted by molar-refractivity contribution is 5.58. The number of allylic oxidation sites excluding steroid dienone is 2. The molecule has 2 rings (SSSR count). The van der Waals surface area contributed by atoms with E-state index >= 15 is 0 Å². The lowest BCUT2D eigenvalue weighted by Crippen LogP contribution is -2.17. The third-order valence-electron chi connectivity index (χ3n) is 2.70. The van der Waals surface area contributed by atoms with Crippen molar-refractivity contribution in [3.05, 3.63) is 41.6 Å². The van der Waals surface area contributed by atoms with Crippen molar-refractivity contribution >= 4 is 5.69 Å². The zero-order valence-corrected chi connectivity index (χ0v) is 8.85. The first-order valence-electron chi connectivity index (χ1n) is 5.22. The summed E-state index contributed by atoms with van der Waals surface area (Å²) in [4.78, 5) is 2.06. The van der Waals surface area contributed by atoms with Gasteiger partial charge in [0.1, 0.15) is 17.7 Å². The van der Waals surface area contributed by atoms with Crippen molar-refractivity contribution in [2.45, 2.75) is 12.8 Å². The molecule has 16 heavy (non-hydrogen) atoms. The summed E-state index contributed by atoms with van der Waals surface area (Å²) in [5.74, 6) is 0. The molecule has 0 aliphatic carbocycles. The van der Waals surface area contributed by atoms with Gasteiger partial charge in [0.25, 0.3) is 0 Å². The third kappa shape index (κ3) is 1.76. The molecule has 1 aromatic rings. The molecule has 3 heteroatoms. The van der Waals surface area contributed by atoms with E-state index in [0.29, 0.717) is 0 Å². The van der Waals surface area contributed by atoms with Crippen LogP contribution in [0.4, 0.5) is 5.69 Å². The maximum Gasteiger partial charge on any atom is 0.149 e. The Hall–Kier alpha value is -2.26. The van der Waals surface area contributed by atoms with E-state index in [-0.39, 0.29) is 5.57 Å². The van der Waals surface area contributed by atoms with Crippen LogP contribution in [-0.4, -0.2) is 6.54 Å². The Labute approximate surface area is 94.8 Å². The highest BCUT2D eigenvalue weighted by Crippen LogP contribution is 2.29. The molecule has 0 N–H and O–H groups in total. The van der Waals surface area contributed by atoms with E-state index in [1.807, 2.05) is 42.5 Å². The molecule has 3 nitrogen and oxygen atoms in total. The van der Waals surface area contributed by atoms with Gasteiger partial charge in [-0.05, 0) is 25.0 Å². The second-order valence-corrected chi connectivity index (χ2v) is 3.64. The van der Waals surface area contributed by atoms with Gasteiger partial charge in [-0.15, -0.1) is 0 Å². The number of anilines is 1. The zero-order valence-electron chi connectivity index (χ0n) is 8.85. The fraction of sp³-hybridized carbons (Fsp3) is 0.231. The molecule has 78 valence electrons. The van der Waals surface area contributed by atoms with Crippen molar-refractivity contribution in [1.82, 2.24) is 0 Å². The molecule has 0 amide bonds. The molecule has 1 aliphatic rings. The molecule has 1 saturated heterocycles. The number of hydrogen-bond acceptors (Lipinski definition) is 3. The number of hydrogen-bond donors (Lipinski definition) is 0. The Morgan fingerprint density at radius 2 is 1.81 bits per heavy atom. The van der Waals surface area contributed by atoms with E-state index in [1.165, 1.54) is 0 Å². The van der Waals surface area contributed by atoms with Crippen molar-refractivity contribution in [1.29, 1.82) is 10.5 Å². The fourth-order valence-electron chi connectivity index (χ4n) is 1.98. The molecule has 1 aromatic carbocycles.